The van der Waals surface area contributed by atoms with E-state index in [1.165, 1.54) is 0 Å². The van der Waals surface area contributed by atoms with E-state index < -0.39 is 0 Å². The van der Waals surface area contributed by atoms with E-state index >= 15 is 0 Å². The Morgan fingerprint density at radius 3 is 2.71 bits per heavy atom. The minimum atomic E-state index is 0.0579. The average Bonchev–Trinajstić information content (AvgIpc) is 2.32. The van der Waals surface area contributed by atoms with Crippen molar-refractivity contribution in [2.75, 3.05) is 26.4 Å². The quantitative estimate of drug-likeness (QED) is 0.753. The van der Waals surface area contributed by atoms with Gasteiger partial charge in [0.15, 0.2) is 0 Å². The summed E-state index contributed by atoms with van der Waals surface area (Å²) in [4.78, 5) is 0. The van der Waals surface area contributed by atoms with Crippen molar-refractivity contribution in [3.8, 4) is 0 Å². The number of rotatable bonds is 7. The summed E-state index contributed by atoms with van der Waals surface area (Å²) < 4.78 is 5.15. The maximum Gasteiger partial charge on any atom is 0.0698 e. The van der Waals surface area contributed by atoms with E-state index in [4.69, 9.17) is 33.0 Å². The third-order valence-corrected chi connectivity index (χ3v) is 3.12. The number of aliphatic hydroxyl groups excluding tert-OH is 1. The summed E-state index contributed by atoms with van der Waals surface area (Å²) in [6, 6.07) is 5.78. The van der Waals surface area contributed by atoms with Crippen LogP contribution in [-0.2, 0) is 4.74 Å². The van der Waals surface area contributed by atoms with Crippen LogP contribution in [-0.4, -0.2) is 31.5 Å². The molecule has 0 aliphatic heterocycles. The Kier molecular flexibility index (Phi) is 6.85. The molecule has 0 radical (unpaired) electrons. The maximum atomic E-state index is 8.54. The molecule has 0 aliphatic carbocycles. The molecule has 0 heterocycles. The number of halogens is 2. The topological polar surface area (TPSA) is 41.5 Å². The van der Waals surface area contributed by atoms with E-state index in [-0.39, 0.29) is 12.6 Å². The maximum absolute atomic E-state index is 8.54. The number of benzene rings is 1. The Hall–Kier alpha value is -0.320. The Morgan fingerprint density at radius 2 is 2.06 bits per heavy atom. The van der Waals surface area contributed by atoms with Crippen LogP contribution in [0.15, 0.2) is 18.2 Å². The van der Waals surface area contributed by atoms with Crippen LogP contribution in [0.2, 0.25) is 10.0 Å². The predicted octanol–water partition coefficient (Wildman–Crippen LogP) is 2.65. The molecule has 0 aliphatic rings. The van der Waals surface area contributed by atoms with Gasteiger partial charge < -0.3 is 15.2 Å². The smallest absolute Gasteiger partial charge is 0.0698 e. The van der Waals surface area contributed by atoms with Crippen molar-refractivity contribution in [1.82, 2.24) is 5.32 Å². The molecule has 0 saturated carbocycles. The first-order chi connectivity index (χ1) is 8.15. The zero-order valence-corrected chi connectivity index (χ0v) is 11.3. The fourth-order valence-corrected chi connectivity index (χ4v) is 1.72. The largest absolute Gasteiger partial charge is 0.394 e. The molecule has 0 aromatic heterocycles. The molecule has 0 amide bonds. The van der Waals surface area contributed by atoms with Crippen molar-refractivity contribution < 1.29 is 9.84 Å². The molecule has 1 aromatic rings. The SMILES string of the molecule is CC(NCCOCCO)c1ccc(Cl)c(Cl)c1. The highest BCUT2D eigenvalue weighted by atomic mass is 35.5. The second-order valence-electron chi connectivity index (χ2n) is 3.69. The molecule has 0 bridgehead atoms. The Morgan fingerprint density at radius 1 is 1.29 bits per heavy atom. The second-order valence-corrected chi connectivity index (χ2v) is 4.50. The molecule has 2 N–H and O–H groups in total. The first-order valence-electron chi connectivity index (χ1n) is 5.52. The van der Waals surface area contributed by atoms with E-state index in [1.807, 2.05) is 19.1 Å². The number of ether oxygens (including phenoxy) is 1. The molecule has 1 aromatic carbocycles. The van der Waals surface area contributed by atoms with Gasteiger partial charge in [0.2, 0.25) is 0 Å². The second kappa shape index (κ2) is 7.90. The first kappa shape index (κ1) is 14.7. The van der Waals surface area contributed by atoms with E-state index in [0.29, 0.717) is 23.3 Å². The highest BCUT2D eigenvalue weighted by Crippen LogP contribution is 2.25. The van der Waals surface area contributed by atoms with Crippen LogP contribution in [0.5, 0.6) is 0 Å². The highest BCUT2D eigenvalue weighted by molar-refractivity contribution is 6.42. The molecular formula is C12H17Cl2NO2. The Labute approximate surface area is 112 Å². The normalized spacial score (nSPS) is 12.7. The van der Waals surface area contributed by atoms with Crippen LogP contribution in [0.4, 0.5) is 0 Å². The molecule has 1 rings (SSSR count). The molecule has 0 fully saturated rings. The standard InChI is InChI=1S/C12H17Cl2NO2/c1-9(15-4-6-17-7-5-16)10-2-3-11(13)12(14)8-10/h2-3,8-9,15-16H,4-7H2,1H3. The van der Waals surface area contributed by atoms with Crippen LogP contribution < -0.4 is 5.32 Å². The van der Waals surface area contributed by atoms with E-state index in [9.17, 15) is 0 Å². The minimum absolute atomic E-state index is 0.0579. The summed E-state index contributed by atoms with van der Waals surface area (Å²) >= 11 is 11.8. The predicted molar refractivity (Wildman–Crippen MR) is 70.8 cm³/mol. The lowest BCUT2D eigenvalue weighted by atomic mass is 10.1. The van der Waals surface area contributed by atoms with Gasteiger partial charge in [-0.2, -0.15) is 0 Å². The van der Waals surface area contributed by atoms with Gasteiger partial charge in [-0.15, -0.1) is 0 Å². The van der Waals surface area contributed by atoms with Crippen LogP contribution in [0, 0.1) is 0 Å². The van der Waals surface area contributed by atoms with Crippen molar-refractivity contribution >= 4 is 23.2 Å². The summed E-state index contributed by atoms with van der Waals surface area (Å²) in [5.74, 6) is 0. The van der Waals surface area contributed by atoms with Crippen LogP contribution >= 0.6 is 23.2 Å². The van der Waals surface area contributed by atoms with Gasteiger partial charge in [-0.25, -0.2) is 0 Å². The summed E-state index contributed by atoms with van der Waals surface area (Å²) in [7, 11) is 0. The fraction of sp³-hybridized carbons (Fsp3) is 0.500. The van der Waals surface area contributed by atoms with Crippen molar-refractivity contribution in [1.29, 1.82) is 0 Å². The lowest BCUT2D eigenvalue weighted by molar-refractivity contribution is 0.0928. The van der Waals surface area contributed by atoms with Crippen molar-refractivity contribution in [2.24, 2.45) is 0 Å². The van der Waals surface area contributed by atoms with Crippen LogP contribution in [0.25, 0.3) is 0 Å². The molecule has 1 atom stereocenters. The van der Waals surface area contributed by atoms with Crippen molar-refractivity contribution in [2.45, 2.75) is 13.0 Å². The summed E-state index contributed by atoms with van der Waals surface area (Å²) in [5.41, 5.74) is 1.08. The zero-order chi connectivity index (χ0) is 12.7. The van der Waals surface area contributed by atoms with Gasteiger partial charge >= 0.3 is 0 Å². The molecule has 17 heavy (non-hydrogen) atoms. The summed E-state index contributed by atoms with van der Waals surface area (Å²) in [5, 5.41) is 13.0. The third kappa shape index (κ3) is 5.23. The number of nitrogens with one attached hydrogen (secondary N) is 1. The van der Waals surface area contributed by atoms with Gasteiger partial charge in [-0.3, -0.25) is 0 Å². The zero-order valence-electron chi connectivity index (χ0n) is 9.75. The van der Waals surface area contributed by atoms with E-state index in [1.54, 1.807) is 6.07 Å². The average molecular weight is 278 g/mol. The Balaban J connectivity index is 2.36. The van der Waals surface area contributed by atoms with Gasteiger partial charge in [-0.1, -0.05) is 29.3 Å². The molecule has 5 heteroatoms. The monoisotopic (exact) mass is 277 g/mol. The van der Waals surface area contributed by atoms with E-state index in [0.717, 1.165) is 12.1 Å². The molecule has 96 valence electrons. The lowest BCUT2D eigenvalue weighted by Gasteiger charge is -2.14. The molecular weight excluding hydrogens is 261 g/mol. The van der Waals surface area contributed by atoms with Crippen LogP contribution in [0.1, 0.15) is 18.5 Å². The van der Waals surface area contributed by atoms with E-state index in [2.05, 4.69) is 5.32 Å². The molecule has 1 unspecified atom stereocenters. The molecule has 3 nitrogen and oxygen atoms in total. The van der Waals surface area contributed by atoms with Gasteiger partial charge in [-0.05, 0) is 24.6 Å². The van der Waals surface area contributed by atoms with Crippen molar-refractivity contribution in [3.63, 3.8) is 0 Å². The molecule has 0 spiro atoms. The number of aliphatic hydroxyl groups is 1. The van der Waals surface area contributed by atoms with Gasteiger partial charge in [0.1, 0.15) is 0 Å². The van der Waals surface area contributed by atoms with Crippen molar-refractivity contribution in [3.05, 3.63) is 33.8 Å². The Bertz CT molecular complexity index is 347. The van der Waals surface area contributed by atoms with Gasteiger partial charge in [0.05, 0.1) is 29.9 Å². The first-order valence-corrected chi connectivity index (χ1v) is 6.27. The van der Waals surface area contributed by atoms with Crippen LogP contribution in [0.3, 0.4) is 0 Å². The fourth-order valence-electron chi connectivity index (χ4n) is 1.41. The van der Waals surface area contributed by atoms with Gasteiger partial charge in [0, 0.05) is 12.6 Å². The summed E-state index contributed by atoms with van der Waals surface area (Å²) in [6.45, 7) is 3.78. The number of hydrogen-bond donors (Lipinski definition) is 2. The number of hydrogen-bond acceptors (Lipinski definition) is 3. The highest BCUT2D eigenvalue weighted by Gasteiger charge is 2.06. The molecule has 0 saturated heterocycles. The lowest BCUT2D eigenvalue weighted by Crippen LogP contribution is -2.23. The minimum Gasteiger partial charge on any atom is -0.394 e. The summed E-state index contributed by atoms with van der Waals surface area (Å²) in [6.07, 6.45) is 0. The van der Waals surface area contributed by atoms with Gasteiger partial charge in [0.25, 0.3) is 0 Å². The third-order valence-electron chi connectivity index (χ3n) is 2.38.